The number of rotatable bonds is 2. The molecule has 1 atom stereocenters. The van der Waals surface area contributed by atoms with Crippen LogP contribution in [0.3, 0.4) is 0 Å². The molecule has 1 aromatic carbocycles. The first kappa shape index (κ1) is 9.53. The largest absolute Gasteiger partial charge is 0.489 e. The fourth-order valence-electron chi connectivity index (χ4n) is 1.86. The number of hydrogen-bond acceptors (Lipinski definition) is 2. The van der Waals surface area contributed by atoms with Crippen molar-refractivity contribution in [1.29, 1.82) is 0 Å². The molecule has 1 fully saturated rings. The second kappa shape index (κ2) is 4.01. The van der Waals surface area contributed by atoms with E-state index < -0.39 is 0 Å². The third-order valence-electron chi connectivity index (χ3n) is 2.74. The third kappa shape index (κ3) is 2.07. The molecule has 1 aliphatic rings. The van der Waals surface area contributed by atoms with Gasteiger partial charge in [-0.25, -0.2) is 0 Å². The minimum atomic E-state index is 0.376. The van der Waals surface area contributed by atoms with E-state index >= 15 is 0 Å². The molecule has 0 aliphatic carbocycles. The van der Waals surface area contributed by atoms with Crippen molar-refractivity contribution < 1.29 is 4.74 Å². The zero-order valence-corrected chi connectivity index (χ0v) is 8.86. The summed E-state index contributed by atoms with van der Waals surface area (Å²) >= 11 is 0. The number of hydrogen-bond donors (Lipinski definition) is 0. The van der Waals surface area contributed by atoms with E-state index in [1.807, 2.05) is 18.2 Å². The molecule has 0 saturated carbocycles. The summed E-state index contributed by atoms with van der Waals surface area (Å²) in [5.41, 5.74) is 1.22. The first-order valence-corrected chi connectivity index (χ1v) is 5.16. The van der Waals surface area contributed by atoms with Gasteiger partial charge in [0.05, 0.1) is 0 Å². The molecule has 1 heterocycles. The van der Waals surface area contributed by atoms with Crippen LogP contribution in [-0.4, -0.2) is 31.1 Å². The molecule has 2 rings (SSSR count). The van der Waals surface area contributed by atoms with Gasteiger partial charge in [-0.15, -0.1) is 0 Å². The molecule has 0 N–H and O–H groups in total. The predicted octanol–water partition coefficient (Wildman–Crippen LogP) is 2.08. The van der Waals surface area contributed by atoms with Gasteiger partial charge in [-0.05, 0) is 32.0 Å². The monoisotopic (exact) mass is 191 g/mol. The van der Waals surface area contributed by atoms with Gasteiger partial charge in [0.1, 0.15) is 11.9 Å². The van der Waals surface area contributed by atoms with Crippen molar-refractivity contribution in [2.24, 2.45) is 0 Å². The Labute approximate surface area is 85.5 Å². The van der Waals surface area contributed by atoms with Crippen LogP contribution in [0.4, 0.5) is 0 Å². The van der Waals surface area contributed by atoms with Gasteiger partial charge in [0.25, 0.3) is 0 Å². The zero-order valence-electron chi connectivity index (χ0n) is 8.86. The SMILES string of the molecule is Cc1ccccc1OC1CCN(C)C1. The van der Waals surface area contributed by atoms with Crippen molar-refractivity contribution in [1.82, 2.24) is 4.90 Å². The van der Waals surface area contributed by atoms with E-state index in [9.17, 15) is 0 Å². The highest BCUT2D eigenvalue weighted by molar-refractivity contribution is 5.32. The van der Waals surface area contributed by atoms with Crippen LogP contribution in [0.2, 0.25) is 0 Å². The highest BCUT2D eigenvalue weighted by Gasteiger charge is 2.21. The summed E-state index contributed by atoms with van der Waals surface area (Å²) in [5, 5.41) is 0. The standard InChI is InChI=1S/C12H17NO/c1-10-5-3-4-6-12(10)14-11-7-8-13(2)9-11/h3-6,11H,7-9H2,1-2H3. The quantitative estimate of drug-likeness (QED) is 0.709. The maximum Gasteiger partial charge on any atom is 0.122 e. The molecule has 2 nitrogen and oxygen atoms in total. The number of aryl methyl sites for hydroxylation is 1. The Kier molecular flexibility index (Phi) is 2.73. The fraction of sp³-hybridized carbons (Fsp3) is 0.500. The van der Waals surface area contributed by atoms with E-state index in [-0.39, 0.29) is 0 Å². The maximum atomic E-state index is 5.93. The summed E-state index contributed by atoms with van der Waals surface area (Å²) in [6, 6.07) is 8.21. The maximum absolute atomic E-state index is 5.93. The highest BCUT2D eigenvalue weighted by atomic mass is 16.5. The summed E-state index contributed by atoms with van der Waals surface area (Å²) < 4.78 is 5.93. The summed E-state index contributed by atoms with van der Waals surface area (Å²) in [6.07, 6.45) is 1.52. The van der Waals surface area contributed by atoms with Gasteiger partial charge in [-0.3, -0.25) is 0 Å². The van der Waals surface area contributed by atoms with E-state index in [1.165, 1.54) is 5.56 Å². The molecule has 1 unspecified atom stereocenters. The van der Waals surface area contributed by atoms with E-state index in [1.54, 1.807) is 0 Å². The summed E-state index contributed by atoms with van der Waals surface area (Å²) in [4.78, 5) is 2.31. The van der Waals surface area contributed by atoms with E-state index in [0.717, 1.165) is 25.3 Å². The Hall–Kier alpha value is -1.02. The Morgan fingerprint density at radius 1 is 1.36 bits per heavy atom. The average molecular weight is 191 g/mol. The molecular formula is C12H17NO. The molecule has 1 saturated heterocycles. The van der Waals surface area contributed by atoms with Gasteiger partial charge in [-0.2, -0.15) is 0 Å². The molecule has 76 valence electrons. The second-order valence-electron chi connectivity index (χ2n) is 4.06. The van der Waals surface area contributed by atoms with Gasteiger partial charge in [0.15, 0.2) is 0 Å². The lowest BCUT2D eigenvalue weighted by Crippen LogP contribution is -2.21. The van der Waals surface area contributed by atoms with Gasteiger partial charge >= 0.3 is 0 Å². The molecule has 14 heavy (non-hydrogen) atoms. The van der Waals surface area contributed by atoms with Crippen LogP contribution in [0.1, 0.15) is 12.0 Å². The Morgan fingerprint density at radius 2 is 2.14 bits per heavy atom. The van der Waals surface area contributed by atoms with Crippen LogP contribution in [0.5, 0.6) is 5.75 Å². The third-order valence-corrected chi connectivity index (χ3v) is 2.74. The van der Waals surface area contributed by atoms with Crippen LogP contribution < -0.4 is 4.74 Å². The minimum Gasteiger partial charge on any atom is -0.489 e. The number of benzene rings is 1. The number of ether oxygens (including phenoxy) is 1. The molecule has 0 radical (unpaired) electrons. The minimum absolute atomic E-state index is 0.376. The number of nitrogens with zero attached hydrogens (tertiary/aromatic N) is 1. The van der Waals surface area contributed by atoms with Crippen LogP contribution in [-0.2, 0) is 0 Å². The van der Waals surface area contributed by atoms with Gasteiger partial charge in [0, 0.05) is 13.1 Å². The van der Waals surface area contributed by atoms with E-state index in [2.05, 4.69) is 24.9 Å². The smallest absolute Gasteiger partial charge is 0.122 e. The van der Waals surface area contributed by atoms with Gasteiger partial charge < -0.3 is 9.64 Å². The molecule has 0 spiro atoms. The summed E-state index contributed by atoms with van der Waals surface area (Å²) in [6.45, 7) is 4.29. The lowest BCUT2D eigenvalue weighted by Gasteiger charge is -2.15. The van der Waals surface area contributed by atoms with Crippen LogP contribution >= 0.6 is 0 Å². The molecule has 1 aliphatic heterocycles. The molecule has 1 aromatic rings. The van der Waals surface area contributed by atoms with Crippen molar-refractivity contribution in [3.05, 3.63) is 29.8 Å². The van der Waals surface area contributed by atoms with E-state index in [4.69, 9.17) is 4.74 Å². The van der Waals surface area contributed by atoms with E-state index in [0.29, 0.717) is 6.10 Å². The second-order valence-corrected chi connectivity index (χ2v) is 4.06. The summed E-state index contributed by atoms with van der Waals surface area (Å²) in [5.74, 6) is 1.04. The normalized spacial score (nSPS) is 22.6. The van der Waals surface area contributed by atoms with Crippen molar-refractivity contribution in [3.8, 4) is 5.75 Å². The fourth-order valence-corrected chi connectivity index (χ4v) is 1.86. The molecular weight excluding hydrogens is 174 g/mol. The topological polar surface area (TPSA) is 12.5 Å². The van der Waals surface area contributed by atoms with Gasteiger partial charge in [-0.1, -0.05) is 18.2 Å². The molecule has 2 heteroatoms. The molecule has 0 bridgehead atoms. The Morgan fingerprint density at radius 3 is 2.79 bits per heavy atom. The number of para-hydroxylation sites is 1. The first-order chi connectivity index (χ1) is 6.75. The number of likely N-dealkylation sites (tertiary alicyclic amines) is 1. The highest BCUT2D eigenvalue weighted by Crippen LogP contribution is 2.21. The Balaban J connectivity index is 2.01. The van der Waals surface area contributed by atoms with Crippen molar-refractivity contribution in [2.75, 3.05) is 20.1 Å². The van der Waals surface area contributed by atoms with Crippen LogP contribution in [0.25, 0.3) is 0 Å². The predicted molar refractivity (Wildman–Crippen MR) is 57.7 cm³/mol. The molecule has 0 amide bonds. The number of likely N-dealkylation sites (N-methyl/N-ethyl adjacent to an activating group) is 1. The lowest BCUT2D eigenvalue weighted by atomic mass is 10.2. The first-order valence-electron chi connectivity index (χ1n) is 5.16. The Bertz CT molecular complexity index is 311. The molecule has 0 aromatic heterocycles. The summed E-state index contributed by atoms with van der Waals surface area (Å²) in [7, 11) is 2.14. The van der Waals surface area contributed by atoms with Gasteiger partial charge in [0.2, 0.25) is 0 Å². The zero-order chi connectivity index (χ0) is 9.97. The van der Waals surface area contributed by atoms with Crippen LogP contribution in [0.15, 0.2) is 24.3 Å². The van der Waals surface area contributed by atoms with Crippen molar-refractivity contribution in [3.63, 3.8) is 0 Å². The van der Waals surface area contributed by atoms with Crippen molar-refractivity contribution in [2.45, 2.75) is 19.4 Å². The lowest BCUT2D eigenvalue weighted by molar-refractivity contribution is 0.207. The average Bonchev–Trinajstić information content (AvgIpc) is 2.56. The van der Waals surface area contributed by atoms with Crippen molar-refractivity contribution >= 4 is 0 Å². The van der Waals surface area contributed by atoms with Crippen LogP contribution in [0, 0.1) is 6.92 Å².